The highest BCUT2D eigenvalue weighted by Crippen LogP contribution is 2.13. The molecule has 3 rings (SSSR count). The zero-order chi connectivity index (χ0) is 12.5. The molecular weight excluding hydrogens is 246 g/mol. The molecule has 0 fully saturated rings. The summed E-state index contributed by atoms with van der Waals surface area (Å²) < 4.78 is 4.72. The van der Waals surface area contributed by atoms with E-state index in [2.05, 4.69) is 19.6 Å². The molecule has 0 bridgehead atoms. The summed E-state index contributed by atoms with van der Waals surface area (Å²) in [7, 11) is 1.95. The largest absolute Gasteiger partial charge is 0.329 e. The van der Waals surface area contributed by atoms with E-state index in [1.807, 2.05) is 30.1 Å². The Hall–Kier alpha value is -1.95. The second-order valence-electron chi connectivity index (χ2n) is 4.17. The van der Waals surface area contributed by atoms with Gasteiger partial charge in [-0.3, -0.25) is 9.67 Å². The standard InChI is InChI=1S/C12H13N5S/c1-16-9(2-6-14-16)4-7-17-11-3-5-13-8-10(11)15-12(17)18/h2-3,5-6,8H,4,7H2,1H3,(H,15,18). The lowest BCUT2D eigenvalue weighted by Gasteiger charge is -2.04. The first-order valence-electron chi connectivity index (χ1n) is 5.75. The van der Waals surface area contributed by atoms with Crippen molar-refractivity contribution in [3.05, 3.63) is 41.2 Å². The van der Waals surface area contributed by atoms with Gasteiger partial charge in [-0.05, 0) is 24.4 Å². The average molecular weight is 259 g/mol. The number of H-pyrrole nitrogens is 1. The van der Waals surface area contributed by atoms with Crippen LogP contribution in [0, 0.1) is 4.77 Å². The van der Waals surface area contributed by atoms with E-state index in [0.29, 0.717) is 0 Å². The molecule has 0 amide bonds. The van der Waals surface area contributed by atoms with Crippen LogP contribution in [0.3, 0.4) is 0 Å². The molecule has 0 aromatic carbocycles. The third kappa shape index (κ3) is 1.84. The summed E-state index contributed by atoms with van der Waals surface area (Å²) in [4.78, 5) is 7.25. The number of pyridine rings is 1. The zero-order valence-electron chi connectivity index (χ0n) is 10.00. The fourth-order valence-corrected chi connectivity index (χ4v) is 2.41. The molecule has 1 N–H and O–H groups in total. The number of nitrogens with one attached hydrogen (secondary N) is 1. The Kier molecular flexibility index (Phi) is 2.71. The maximum Gasteiger partial charge on any atom is 0.178 e. The van der Waals surface area contributed by atoms with Crippen molar-refractivity contribution in [3.63, 3.8) is 0 Å². The van der Waals surface area contributed by atoms with Gasteiger partial charge >= 0.3 is 0 Å². The second-order valence-corrected chi connectivity index (χ2v) is 4.56. The number of hydrogen-bond acceptors (Lipinski definition) is 3. The van der Waals surface area contributed by atoms with E-state index in [0.717, 1.165) is 28.8 Å². The lowest BCUT2D eigenvalue weighted by atomic mass is 10.3. The van der Waals surface area contributed by atoms with Crippen LogP contribution in [0.2, 0.25) is 0 Å². The van der Waals surface area contributed by atoms with Gasteiger partial charge < -0.3 is 9.55 Å². The van der Waals surface area contributed by atoms with Crippen LogP contribution in [0.1, 0.15) is 5.69 Å². The van der Waals surface area contributed by atoms with Crippen molar-refractivity contribution in [2.45, 2.75) is 13.0 Å². The molecule has 3 aromatic rings. The fourth-order valence-electron chi connectivity index (χ4n) is 2.11. The molecule has 0 aliphatic heterocycles. The van der Waals surface area contributed by atoms with Gasteiger partial charge in [0.1, 0.15) is 0 Å². The predicted molar refractivity (Wildman–Crippen MR) is 71.8 cm³/mol. The molecule has 18 heavy (non-hydrogen) atoms. The van der Waals surface area contributed by atoms with Gasteiger partial charge in [0.05, 0.1) is 17.2 Å². The van der Waals surface area contributed by atoms with E-state index in [9.17, 15) is 0 Å². The van der Waals surface area contributed by atoms with Gasteiger partial charge in [0.25, 0.3) is 0 Å². The number of aryl methyl sites for hydroxylation is 3. The van der Waals surface area contributed by atoms with Gasteiger partial charge in [0.15, 0.2) is 4.77 Å². The van der Waals surface area contributed by atoms with Crippen LogP contribution in [0.5, 0.6) is 0 Å². The van der Waals surface area contributed by atoms with Crippen molar-refractivity contribution in [1.29, 1.82) is 0 Å². The van der Waals surface area contributed by atoms with Crippen LogP contribution in [-0.4, -0.2) is 24.3 Å². The second kappa shape index (κ2) is 4.38. The number of aromatic nitrogens is 5. The van der Waals surface area contributed by atoms with E-state index in [1.54, 1.807) is 12.4 Å². The first-order valence-corrected chi connectivity index (χ1v) is 6.16. The molecule has 6 heteroatoms. The quantitative estimate of drug-likeness (QED) is 0.733. The van der Waals surface area contributed by atoms with Crippen molar-refractivity contribution < 1.29 is 0 Å². The van der Waals surface area contributed by atoms with Crippen LogP contribution >= 0.6 is 12.2 Å². The molecule has 5 nitrogen and oxygen atoms in total. The molecule has 0 unspecified atom stereocenters. The zero-order valence-corrected chi connectivity index (χ0v) is 10.8. The molecule has 92 valence electrons. The average Bonchev–Trinajstić information content (AvgIpc) is 2.90. The first-order chi connectivity index (χ1) is 8.75. The summed E-state index contributed by atoms with van der Waals surface area (Å²) in [6.07, 6.45) is 6.30. The molecule has 3 heterocycles. The predicted octanol–water partition coefficient (Wildman–Crippen LogP) is 2.07. The summed E-state index contributed by atoms with van der Waals surface area (Å²) in [5.41, 5.74) is 3.27. The molecule has 3 aromatic heterocycles. The molecule has 0 atom stereocenters. The highest BCUT2D eigenvalue weighted by Gasteiger charge is 2.05. The highest BCUT2D eigenvalue weighted by molar-refractivity contribution is 7.71. The van der Waals surface area contributed by atoms with E-state index in [1.165, 1.54) is 5.69 Å². The maximum absolute atomic E-state index is 5.34. The molecule has 0 saturated carbocycles. The first kappa shape index (κ1) is 11.2. The summed E-state index contributed by atoms with van der Waals surface area (Å²) >= 11 is 5.34. The van der Waals surface area contributed by atoms with E-state index in [4.69, 9.17) is 12.2 Å². The van der Waals surface area contributed by atoms with Gasteiger partial charge in [-0.25, -0.2) is 0 Å². The monoisotopic (exact) mass is 259 g/mol. The van der Waals surface area contributed by atoms with E-state index < -0.39 is 0 Å². The van der Waals surface area contributed by atoms with E-state index >= 15 is 0 Å². The normalized spacial score (nSPS) is 11.2. The van der Waals surface area contributed by atoms with Crippen LogP contribution in [-0.2, 0) is 20.0 Å². The Bertz CT molecular complexity index is 736. The van der Waals surface area contributed by atoms with Crippen molar-refractivity contribution in [2.24, 2.45) is 7.05 Å². The molecule has 0 aliphatic rings. The van der Waals surface area contributed by atoms with E-state index in [-0.39, 0.29) is 0 Å². The van der Waals surface area contributed by atoms with Crippen molar-refractivity contribution in [2.75, 3.05) is 0 Å². The number of rotatable bonds is 3. The third-order valence-electron chi connectivity index (χ3n) is 3.09. The number of fused-ring (bicyclic) bond motifs is 1. The van der Waals surface area contributed by atoms with Gasteiger partial charge in [0, 0.05) is 38.1 Å². The summed E-state index contributed by atoms with van der Waals surface area (Å²) in [5.74, 6) is 0. The lowest BCUT2D eigenvalue weighted by molar-refractivity contribution is 0.642. The fraction of sp³-hybridized carbons (Fsp3) is 0.250. The van der Waals surface area contributed by atoms with Gasteiger partial charge in [-0.2, -0.15) is 5.10 Å². The van der Waals surface area contributed by atoms with Gasteiger partial charge in [-0.1, -0.05) is 0 Å². The Morgan fingerprint density at radius 2 is 2.22 bits per heavy atom. The number of hydrogen-bond donors (Lipinski definition) is 1. The number of nitrogens with zero attached hydrogens (tertiary/aromatic N) is 4. The number of imidazole rings is 1. The Labute approximate surface area is 109 Å². The minimum atomic E-state index is 0.736. The molecule has 0 saturated heterocycles. The van der Waals surface area contributed by atoms with Gasteiger partial charge in [-0.15, -0.1) is 0 Å². The number of aromatic amines is 1. The Morgan fingerprint density at radius 1 is 1.33 bits per heavy atom. The summed E-state index contributed by atoms with van der Waals surface area (Å²) in [5, 5.41) is 4.16. The topological polar surface area (TPSA) is 51.4 Å². The molecule has 0 radical (unpaired) electrons. The molecular formula is C12H13N5S. The minimum absolute atomic E-state index is 0.736. The van der Waals surface area contributed by atoms with Crippen LogP contribution in [0.25, 0.3) is 11.0 Å². The molecule has 0 aliphatic carbocycles. The van der Waals surface area contributed by atoms with Crippen molar-refractivity contribution >= 4 is 23.3 Å². The van der Waals surface area contributed by atoms with Crippen molar-refractivity contribution in [1.82, 2.24) is 24.3 Å². The smallest absolute Gasteiger partial charge is 0.178 e. The summed E-state index contributed by atoms with van der Waals surface area (Å²) in [6, 6.07) is 4.00. The maximum atomic E-state index is 5.34. The van der Waals surface area contributed by atoms with Crippen LogP contribution in [0.15, 0.2) is 30.7 Å². The highest BCUT2D eigenvalue weighted by atomic mass is 32.1. The Balaban J connectivity index is 1.93. The Morgan fingerprint density at radius 3 is 3.00 bits per heavy atom. The lowest BCUT2D eigenvalue weighted by Crippen LogP contribution is -2.05. The van der Waals surface area contributed by atoms with Crippen LogP contribution < -0.4 is 0 Å². The SMILES string of the molecule is Cn1nccc1CCn1c(=S)[nH]c2cnccc21. The van der Waals surface area contributed by atoms with Gasteiger partial charge in [0.2, 0.25) is 0 Å². The molecule has 0 spiro atoms. The summed E-state index contributed by atoms with van der Waals surface area (Å²) in [6.45, 7) is 0.836. The van der Waals surface area contributed by atoms with Crippen molar-refractivity contribution in [3.8, 4) is 0 Å². The third-order valence-corrected chi connectivity index (χ3v) is 3.41. The van der Waals surface area contributed by atoms with Crippen LogP contribution in [0.4, 0.5) is 0 Å². The minimum Gasteiger partial charge on any atom is -0.329 e.